The highest BCUT2D eigenvalue weighted by molar-refractivity contribution is 5.79. The van der Waals surface area contributed by atoms with E-state index in [4.69, 9.17) is 0 Å². The van der Waals surface area contributed by atoms with E-state index in [-0.39, 0.29) is 5.41 Å². The summed E-state index contributed by atoms with van der Waals surface area (Å²) in [4.78, 5) is 4.40. The molecule has 80 valence electrons. The standard InChI is InChI=1S/C13H23N/c1-8-12(10(2)3)9-14-11(4)13(5,6)7/h8-10H,4H2,1-3,5-7H3/b12-8+,14-9-. The van der Waals surface area contributed by atoms with Crippen molar-refractivity contribution >= 4 is 6.21 Å². The van der Waals surface area contributed by atoms with Crippen LogP contribution in [0.2, 0.25) is 0 Å². The molecule has 1 heteroatoms. The van der Waals surface area contributed by atoms with E-state index in [0.717, 1.165) is 5.70 Å². The molecule has 0 amide bonds. The summed E-state index contributed by atoms with van der Waals surface area (Å²) in [5.74, 6) is 0.525. The lowest BCUT2D eigenvalue weighted by Crippen LogP contribution is -2.07. The van der Waals surface area contributed by atoms with E-state index in [9.17, 15) is 0 Å². The molecule has 0 aromatic carbocycles. The molecule has 0 aromatic rings. The second kappa shape index (κ2) is 5.14. The summed E-state index contributed by atoms with van der Waals surface area (Å²) in [5, 5.41) is 0. The fourth-order valence-electron chi connectivity index (χ4n) is 0.903. The maximum Gasteiger partial charge on any atom is 0.0385 e. The predicted molar refractivity (Wildman–Crippen MR) is 65.7 cm³/mol. The Hall–Kier alpha value is -0.850. The van der Waals surface area contributed by atoms with Gasteiger partial charge in [0.2, 0.25) is 0 Å². The van der Waals surface area contributed by atoms with Crippen LogP contribution in [0.25, 0.3) is 0 Å². The second-order valence-electron chi connectivity index (χ2n) is 4.90. The Morgan fingerprint density at radius 3 is 2.07 bits per heavy atom. The average molecular weight is 193 g/mol. The minimum atomic E-state index is 0.0618. The molecule has 0 aliphatic heterocycles. The van der Waals surface area contributed by atoms with Crippen molar-refractivity contribution in [3.63, 3.8) is 0 Å². The molecule has 0 heterocycles. The first-order valence-electron chi connectivity index (χ1n) is 5.18. The van der Waals surface area contributed by atoms with Gasteiger partial charge in [-0.1, -0.05) is 47.3 Å². The van der Waals surface area contributed by atoms with Gasteiger partial charge in [-0.2, -0.15) is 0 Å². The summed E-state index contributed by atoms with van der Waals surface area (Å²) in [5.41, 5.74) is 2.25. The molecule has 0 saturated heterocycles. The molecule has 0 atom stereocenters. The molecule has 0 radical (unpaired) electrons. The number of hydrogen-bond acceptors (Lipinski definition) is 1. The Bertz CT molecular complexity index is 249. The Balaban J connectivity index is 4.53. The molecule has 0 aromatic heterocycles. The third-order valence-electron chi connectivity index (χ3n) is 2.24. The van der Waals surface area contributed by atoms with Crippen molar-refractivity contribution in [1.82, 2.24) is 0 Å². The molecule has 0 aliphatic rings. The molecular weight excluding hydrogens is 170 g/mol. The first kappa shape index (κ1) is 13.2. The van der Waals surface area contributed by atoms with Gasteiger partial charge in [-0.15, -0.1) is 0 Å². The quantitative estimate of drug-likeness (QED) is 0.595. The molecule has 14 heavy (non-hydrogen) atoms. The Labute approximate surface area is 88.6 Å². The first-order chi connectivity index (χ1) is 6.29. The van der Waals surface area contributed by atoms with Gasteiger partial charge in [0.1, 0.15) is 0 Å². The van der Waals surface area contributed by atoms with Gasteiger partial charge < -0.3 is 0 Å². The van der Waals surface area contributed by atoms with Crippen molar-refractivity contribution in [2.24, 2.45) is 16.3 Å². The average Bonchev–Trinajstić information content (AvgIpc) is 2.02. The summed E-state index contributed by atoms with van der Waals surface area (Å²) < 4.78 is 0. The zero-order chi connectivity index (χ0) is 11.4. The van der Waals surface area contributed by atoms with Crippen LogP contribution in [0, 0.1) is 11.3 Å². The third kappa shape index (κ3) is 4.40. The van der Waals surface area contributed by atoms with Crippen LogP contribution >= 0.6 is 0 Å². The van der Waals surface area contributed by atoms with Crippen LogP contribution < -0.4 is 0 Å². The Kier molecular flexibility index (Phi) is 4.82. The monoisotopic (exact) mass is 193 g/mol. The lowest BCUT2D eigenvalue weighted by atomic mass is 9.93. The Morgan fingerprint density at radius 1 is 1.29 bits per heavy atom. The molecule has 0 saturated carbocycles. The number of rotatable bonds is 3. The molecule has 1 nitrogen and oxygen atoms in total. The Morgan fingerprint density at radius 2 is 1.79 bits per heavy atom. The summed E-state index contributed by atoms with van der Waals surface area (Å²) in [6, 6.07) is 0. The van der Waals surface area contributed by atoms with E-state index in [1.54, 1.807) is 0 Å². The van der Waals surface area contributed by atoms with E-state index in [0.29, 0.717) is 5.92 Å². The summed E-state index contributed by atoms with van der Waals surface area (Å²) in [6.45, 7) is 16.7. The molecule has 0 aliphatic carbocycles. The summed E-state index contributed by atoms with van der Waals surface area (Å²) >= 11 is 0. The highest BCUT2D eigenvalue weighted by atomic mass is 14.7. The van der Waals surface area contributed by atoms with Crippen LogP contribution in [0.4, 0.5) is 0 Å². The van der Waals surface area contributed by atoms with Crippen molar-refractivity contribution < 1.29 is 0 Å². The van der Waals surface area contributed by atoms with Crippen molar-refractivity contribution in [3.8, 4) is 0 Å². The van der Waals surface area contributed by atoms with Crippen LogP contribution in [0.15, 0.2) is 28.9 Å². The van der Waals surface area contributed by atoms with Crippen LogP contribution in [0.3, 0.4) is 0 Å². The van der Waals surface area contributed by atoms with E-state index in [2.05, 4.69) is 52.3 Å². The molecule has 0 N–H and O–H groups in total. The lowest BCUT2D eigenvalue weighted by molar-refractivity contribution is 0.501. The van der Waals surface area contributed by atoms with Crippen molar-refractivity contribution in [3.05, 3.63) is 23.9 Å². The van der Waals surface area contributed by atoms with Gasteiger partial charge in [0.15, 0.2) is 0 Å². The number of nitrogens with zero attached hydrogens (tertiary/aromatic N) is 1. The first-order valence-corrected chi connectivity index (χ1v) is 5.18. The number of hydrogen-bond donors (Lipinski definition) is 0. The number of allylic oxidation sites excluding steroid dienone is 3. The minimum Gasteiger partial charge on any atom is -0.261 e. The van der Waals surface area contributed by atoms with Crippen molar-refractivity contribution in [2.45, 2.75) is 41.5 Å². The zero-order valence-electron chi connectivity index (χ0n) is 10.4. The van der Waals surface area contributed by atoms with Gasteiger partial charge in [0.05, 0.1) is 0 Å². The molecule has 0 spiro atoms. The van der Waals surface area contributed by atoms with Gasteiger partial charge in [0, 0.05) is 17.3 Å². The highest BCUT2D eigenvalue weighted by Gasteiger charge is 2.13. The second-order valence-corrected chi connectivity index (χ2v) is 4.90. The smallest absolute Gasteiger partial charge is 0.0385 e. The van der Waals surface area contributed by atoms with Crippen LogP contribution in [0.1, 0.15) is 41.5 Å². The van der Waals surface area contributed by atoms with Gasteiger partial charge in [-0.3, -0.25) is 4.99 Å². The van der Waals surface area contributed by atoms with Crippen molar-refractivity contribution in [2.75, 3.05) is 0 Å². The molecule has 0 rings (SSSR count). The third-order valence-corrected chi connectivity index (χ3v) is 2.24. The molecule has 0 bridgehead atoms. The van der Waals surface area contributed by atoms with E-state index in [1.807, 2.05) is 13.1 Å². The summed E-state index contributed by atoms with van der Waals surface area (Å²) in [7, 11) is 0. The van der Waals surface area contributed by atoms with E-state index in [1.165, 1.54) is 5.57 Å². The molecule has 0 unspecified atom stereocenters. The van der Waals surface area contributed by atoms with Gasteiger partial charge in [0.25, 0.3) is 0 Å². The SMILES string of the molecule is C=C(/N=C\C(=C/C)C(C)C)C(C)(C)C. The minimum absolute atomic E-state index is 0.0618. The van der Waals surface area contributed by atoms with Crippen molar-refractivity contribution in [1.29, 1.82) is 0 Å². The fourth-order valence-corrected chi connectivity index (χ4v) is 0.903. The normalized spacial score (nSPS) is 14.1. The van der Waals surface area contributed by atoms with Crippen LogP contribution in [-0.4, -0.2) is 6.21 Å². The van der Waals surface area contributed by atoms with E-state index < -0.39 is 0 Å². The summed E-state index contributed by atoms with van der Waals surface area (Å²) in [6.07, 6.45) is 4.03. The molecule has 0 fully saturated rings. The fraction of sp³-hybridized carbons (Fsp3) is 0.615. The lowest BCUT2D eigenvalue weighted by Gasteiger charge is -2.17. The maximum atomic E-state index is 4.40. The van der Waals surface area contributed by atoms with Crippen LogP contribution in [-0.2, 0) is 0 Å². The number of aliphatic imine (C=N–C) groups is 1. The molecular formula is C13H23N. The van der Waals surface area contributed by atoms with Gasteiger partial charge in [-0.05, 0) is 18.4 Å². The largest absolute Gasteiger partial charge is 0.261 e. The predicted octanol–water partition coefficient (Wildman–Crippen LogP) is 4.22. The van der Waals surface area contributed by atoms with Crippen LogP contribution in [0.5, 0.6) is 0 Å². The topological polar surface area (TPSA) is 12.4 Å². The highest BCUT2D eigenvalue weighted by Crippen LogP contribution is 2.24. The van der Waals surface area contributed by atoms with Gasteiger partial charge >= 0.3 is 0 Å². The van der Waals surface area contributed by atoms with E-state index >= 15 is 0 Å². The zero-order valence-corrected chi connectivity index (χ0v) is 10.4. The maximum absolute atomic E-state index is 4.40. The van der Waals surface area contributed by atoms with Gasteiger partial charge in [-0.25, -0.2) is 0 Å².